The molecule has 0 heterocycles. The lowest BCUT2D eigenvalue weighted by Crippen LogP contribution is -2.28. The van der Waals surface area contributed by atoms with Crippen LogP contribution in [0.2, 0.25) is 10.0 Å². The molecule has 0 saturated carbocycles. The Morgan fingerprint density at radius 3 is 2.03 bits per heavy atom. The van der Waals surface area contributed by atoms with Crippen LogP contribution >= 0.6 is 23.2 Å². The van der Waals surface area contributed by atoms with Crippen LogP contribution in [0.4, 0.5) is 26.3 Å². The molecule has 0 fully saturated rings. The van der Waals surface area contributed by atoms with Crippen LogP contribution in [0.25, 0.3) is 6.08 Å². The van der Waals surface area contributed by atoms with Gasteiger partial charge in [0.1, 0.15) is 0 Å². The van der Waals surface area contributed by atoms with Gasteiger partial charge in [0.05, 0.1) is 21.2 Å². The number of nitrogens with zero attached hydrogens (tertiary/aromatic N) is 1. The summed E-state index contributed by atoms with van der Waals surface area (Å²) in [6.07, 6.45) is -5.45. The Kier molecular flexibility index (Phi) is 8.05. The molecule has 31 heavy (non-hydrogen) atoms. The summed E-state index contributed by atoms with van der Waals surface area (Å²) in [5.74, 6) is -0.926. The van der Waals surface area contributed by atoms with Gasteiger partial charge in [0, 0.05) is 19.2 Å². The van der Waals surface area contributed by atoms with E-state index in [4.69, 9.17) is 23.2 Å². The molecule has 0 aliphatic heterocycles. The number of carbonyl (C=O) groups is 1. The highest BCUT2D eigenvalue weighted by Crippen LogP contribution is 2.36. The molecule has 0 N–H and O–H groups in total. The van der Waals surface area contributed by atoms with Crippen molar-refractivity contribution in [3.8, 4) is 0 Å². The lowest BCUT2D eigenvalue weighted by molar-refractivity contribution is -0.143. The minimum atomic E-state index is -5.01. The van der Waals surface area contributed by atoms with E-state index < -0.39 is 35.0 Å². The van der Waals surface area contributed by atoms with Crippen molar-refractivity contribution in [2.24, 2.45) is 0 Å². The third-order valence-electron chi connectivity index (χ3n) is 4.30. The molecule has 0 spiro atoms. The zero-order valence-corrected chi connectivity index (χ0v) is 17.6. The van der Waals surface area contributed by atoms with E-state index in [1.54, 1.807) is 24.3 Å². The number of hydrogen-bond acceptors (Lipinski definition) is 1. The number of amides is 1. The van der Waals surface area contributed by atoms with Crippen LogP contribution in [0.15, 0.2) is 42.5 Å². The average Bonchev–Trinajstić information content (AvgIpc) is 2.68. The second-order valence-electron chi connectivity index (χ2n) is 6.74. The molecule has 0 saturated heterocycles. The summed E-state index contributed by atoms with van der Waals surface area (Å²) in [5, 5.41) is 0.815. The topological polar surface area (TPSA) is 20.3 Å². The summed E-state index contributed by atoms with van der Waals surface area (Å²) in [4.78, 5) is 13.5. The fourth-order valence-electron chi connectivity index (χ4n) is 2.68. The van der Waals surface area contributed by atoms with Crippen molar-refractivity contribution in [3.05, 3.63) is 74.8 Å². The van der Waals surface area contributed by atoms with Gasteiger partial charge in [0.2, 0.25) is 0 Å². The van der Waals surface area contributed by atoms with E-state index >= 15 is 0 Å². The number of hydrogen-bond donors (Lipinski definition) is 0. The van der Waals surface area contributed by atoms with Gasteiger partial charge in [-0.15, -0.1) is 0 Å². The maximum absolute atomic E-state index is 13.0. The van der Waals surface area contributed by atoms with Crippen molar-refractivity contribution in [3.63, 3.8) is 0 Å². The zero-order chi connectivity index (χ0) is 23.4. The molecule has 0 atom stereocenters. The molecule has 2 nitrogen and oxygen atoms in total. The fourth-order valence-corrected chi connectivity index (χ4v) is 2.99. The van der Waals surface area contributed by atoms with Crippen molar-refractivity contribution in [2.45, 2.75) is 25.2 Å². The highest BCUT2D eigenvalue weighted by atomic mass is 35.5. The van der Waals surface area contributed by atoms with Gasteiger partial charge in [-0.2, -0.15) is 26.3 Å². The van der Waals surface area contributed by atoms with Crippen molar-refractivity contribution >= 4 is 35.2 Å². The number of unbranched alkanes of at least 4 members (excludes halogenated alkanes) is 1. The molecule has 2 aromatic rings. The zero-order valence-electron chi connectivity index (χ0n) is 16.1. The summed E-state index contributed by atoms with van der Waals surface area (Å²) < 4.78 is 77.8. The van der Waals surface area contributed by atoms with Crippen LogP contribution in [-0.4, -0.2) is 24.4 Å². The lowest BCUT2D eigenvalue weighted by atomic mass is 10.0. The number of carbonyl (C=O) groups excluding carboxylic acids is 1. The lowest BCUT2D eigenvalue weighted by Gasteiger charge is -2.19. The third kappa shape index (κ3) is 7.18. The van der Waals surface area contributed by atoms with E-state index in [0.29, 0.717) is 35.0 Å². The predicted octanol–water partition coefficient (Wildman–Crippen LogP) is 7.60. The summed E-state index contributed by atoms with van der Waals surface area (Å²) in [5.41, 5.74) is -2.91. The van der Waals surface area contributed by atoms with Gasteiger partial charge in [-0.05, 0) is 48.7 Å². The van der Waals surface area contributed by atoms with Gasteiger partial charge < -0.3 is 4.90 Å². The standard InChI is InChI=1S/C21H17Cl2F6NO/c1-30(8-4-2-3-5-13-6-7-17(22)18(23)9-13)19(31)14-10-15(20(24,25)26)12-16(11-14)21(27,28)29/h3,5-7,9-12H,2,4,8H2,1H3. The van der Waals surface area contributed by atoms with Gasteiger partial charge in [-0.3, -0.25) is 4.79 Å². The summed E-state index contributed by atoms with van der Waals surface area (Å²) >= 11 is 11.7. The minimum Gasteiger partial charge on any atom is -0.342 e. The summed E-state index contributed by atoms with van der Waals surface area (Å²) in [6, 6.07) is 5.91. The van der Waals surface area contributed by atoms with Crippen molar-refractivity contribution in [1.29, 1.82) is 0 Å². The molecular weight excluding hydrogens is 467 g/mol. The molecule has 0 aliphatic carbocycles. The molecule has 0 radical (unpaired) electrons. The summed E-state index contributed by atoms with van der Waals surface area (Å²) in [7, 11) is 1.32. The Morgan fingerprint density at radius 1 is 0.935 bits per heavy atom. The third-order valence-corrected chi connectivity index (χ3v) is 5.04. The summed E-state index contributed by atoms with van der Waals surface area (Å²) in [6.45, 7) is 0.141. The molecule has 2 aromatic carbocycles. The molecule has 2 rings (SSSR count). The van der Waals surface area contributed by atoms with Crippen LogP contribution < -0.4 is 0 Å². The quantitative estimate of drug-likeness (QED) is 0.306. The molecule has 1 amide bonds. The Balaban J connectivity index is 2.04. The Labute approximate surface area is 185 Å². The monoisotopic (exact) mass is 483 g/mol. The number of allylic oxidation sites excluding steroid dienone is 1. The first-order chi connectivity index (χ1) is 14.3. The Morgan fingerprint density at radius 2 is 1.52 bits per heavy atom. The van der Waals surface area contributed by atoms with Crippen LogP contribution in [0.5, 0.6) is 0 Å². The maximum Gasteiger partial charge on any atom is 0.416 e. The van der Waals surface area contributed by atoms with Crippen LogP contribution in [0.3, 0.4) is 0 Å². The molecule has 0 aliphatic rings. The molecular formula is C21H17Cl2F6NO. The largest absolute Gasteiger partial charge is 0.416 e. The van der Waals surface area contributed by atoms with Gasteiger partial charge in [-0.25, -0.2) is 0 Å². The van der Waals surface area contributed by atoms with Crippen molar-refractivity contribution in [1.82, 2.24) is 4.90 Å². The van der Waals surface area contributed by atoms with E-state index in [1.807, 2.05) is 6.08 Å². The molecule has 0 bridgehead atoms. The minimum absolute atomic E-state index is 0.00933. The normalized spacial score (nSPS) is 12.4. The Hall–Kier alpha value is -2.19. The second kappa shape index (κ2) is 9.96. The van der Waals surface area contributed by atoms with Crippen LogP contribution in [0, 0.1) is 0 Å². The number of rotatable bonds is 6. The van der Waals surface area contributed by atoms with E-state index in [1.165, 1.54) is 7.05 Å². The predicted molar refractivity (Wildman–Crippen MR) is 108 cm³/mol. The van der Waals surface area contributed by atoms with Gasteiger partial charge in [-0.1, -0.05) is 41.4 Å². The van der Waals surface area contributed by atoms with Gasteiger partial charge >= 0.3 is 12.4 Å². The number of alkyl halides is 6. The number of halogens is 8. The number of benzene rings is 2. The second-order valence-corrected chi connectivity index (χ2v) is 7.55. The average molecular weight is 484 g/mol. The van der Waals surface area contributed by atoms with Gasteiger partial charge in [0.15, 0.2) is 0 Å². The van der Waals surface area contributed by atoms with Crippen molar-refractivity contribution in [2.75, 3.05) is 13.6 Å². The Bertz CT molecular complexity index is 937. The first-order valence-electron chi connectivity index (χ1n) is 8.95. The van der Waals surface area contributed by atoms with Crippen LogP contribution in [-0.2, 0) is 12.4 Å². The molecule has 168 valence electrons. The molecule has 0 unspecified atom stereocenters. The van der Waals surface area contributed by atoms with E-state index in [0.717, 1.165) is 10.5 Å². The fraction of sp³-hybridized carbons (Fsp3) is 0.286. The smallest absolute Gasteiger partial charge is 0.342 e. The van der Waals surface area contributed by atoms with E-state index in [-0.39, 0.29) is 12.6 Å². The van der Waals surface area contributed by atoms with E-state index in [2.05, 4.69) is 0 Å². The SMILES string of the molecule is CN(CCCC=Cc1ccc(Cl)c(Cl)c1)C(=O)c1cc(C(F)(F)F)cc(C(F)(F)F)c1. The highest BCUT2D eigenvalue weighted by Gasteiger charge is 2.37. The molecule has 0 aromatic heterocycles. The first kappa shape index (κ1) is 25.1. The van der Waals surface area contributed by atoms with E-state index in [9.17, 15) is 31.1 Å². The first-order valence-corrected chi connectivity index (χ1v) is 9.71. The van der Waals surface area contributed by atoms with Crippen LogP contribution in [0.1, 0.15) is 39.9 Å². The highest BCUT2D eigenvalue weighted by molar-refractivity contribution is 6.42. The maximum atomic E-state index is 13.0. The molecule has 10 heteroatoms. The van der Waals surface area contributed by atoms with Gasteiger partial charge in [0.25, 0.3) is 5.91 Å². The van der Waals surface area contributed by atoms with Crippen molar-refractivity contribution < 1.29 is 31.1 Å².